The van der Waals surface area contributed by atoms with E-state index in [9.17, 15) is 9.18 Å². The van der Waals surface area contributed by atoms with E-state index in [0.29, 0.717) is 31.7 Å². The van der Waals surface area contributed by atoms with Gasteiger partial charge in [0.05, 0.1) is 31.1 Å². The van der Waals surface area contributed by atoms with Gasteiger partial charge in [0.1, 0.15) is 5.82 Å². The van der Waals surface area contributed by atoms with Crippen LogP contribution < -0.4 is 15.5 Å². The number of benzene rings is 2. The molecule has 1 fully saturated rings. The van der Waals surface area contributed by atoms with Crippen LogP contribution in [0.25, 0.3) is 0 Å². The Labute approximate surface area is 153 Å². The van der Waals surface area contributed by atoms with Crippen LogP contribution in [0.1, 0.15) is 5.56 Å². The van der Waals surface area contributed by atoms with Crippen molar-refractivity contribution in [3.05, 3.63) is 59.9 Å². The van der Waals surface area contributed by atoms with Crippen molar-refractivity contribution < 1.29 is 13.9 Å². The number of carbonyl (C=O) groups is 1. The van der Waals surface area contributed by atoms with Crippen LogP contribution in [0.2, 0.25) is 0 Å². The van der Waals surface area contributed by atoms with Crippen LogP contribution in [-0.2, 0) is 16.0 Å². The summed E-state index contributed by atoms with van der Waals surface area (Å²) < 4.78 is 19.0. The van der Waals surface area contributed by atoms with Gasteiger partial charge in [-0.1, -0.05) is 30.3 Å². The number of hydrogen-bond donors (Lipinski definition) is 2. The van der Waals surface area contributed by atoms with E-state index in [1.54, 1.807) is 18.2 Å². The van der Waals surface area contributed by atoms with E-state index in [0.717, 1.165) is 24.5 Å². The second-order valence-electron chi connectivity index (χ2n) is 6.16. The topological polar surface area (TPSA) is 53.6 Å². The number of rotatable bonds is 7. The molecule has 0 radical (unpaired) electrons. The van der Waals surface area contributed by atoms with Crippen LogP contribution in [0.15, 0.2) is 48.5 Å². The number of ether oxygens (including phenoxy) is 1. The minimum Gasteiger partial charge on any atom is -0.378 e. The highest BCUT2D eigenvalue weighted by Gasteiger charge is 2.14. The summed E-state index contributed by atoms with van der Waals surface area (Å²) in [6, 6.07) is 14.6. The highest BCUT2D eigenvalue weighted by molar-refractivity contribution is 5.82. The molecule has 0 aliphatic carbocycles. The summed E-state index contributed by atoms with van der Waals surface area (Å²) in [5, 5.41) is 6.03. The summed E-state index contributed by atoms with van der Waals surface area (Å²) >= 11 is 0. The van der Waals surface area contributed by atoms with E-state index in [2.05, 4.69) is 15.5 Å². The van der Waals surface area contributed by atoms with Crippen molar-refractivity contribution in [3.63, 3.8) is 0 Å². The van der Waals surface area contributed by atoms with E-state index >= 15 is 0 Å². The SMILES string of the molecule is O=C(CNc1ccccc1N1CCOCC1)NCCc1ccccc1F. The molecule has 1 heterocycles. The lowest BCUT2D eigenvalue weighted by Gasteiger charge is -2.30. The van der Waals surface area contributed by atoms with E-state index in [1.165, 1.54) is 6.07 Å². The average Bonchev–Trinajstić information content (AvgIpc) is 2.69. The van der Waals surface area contributed by atoms with Crippen LogP contribution in [-0.4, -0.2) is 45.3 Å². The maximum atomic E-state index is 13.6. The van der Waals surface area contributed by atoms with Gasteiger partial charge in [-0.05, 0) is 30.2 Å². The third-order valence-corrected chi connectivity index (χ3v) is 4.37. The number of carbonyl (C=O) groups excluding carboxylic acids is 1. The second kappa shape index (κ2) is 9.20. The van der Waals surface area contributed by atoms with Crippen molar-refractivity contribution in [1.82, 2.24) is 5.32 Å². The van der Waals surface area contributed by atoms with Crippen molar-refractivity contribution in [2.24, 2.45) is 0 Å². The van der Waals surface area contributed by atoms with Crippen LogP contribution in [0, 0.1) is 5.82 Å². The lowest BCUT2D eigenvalue weighted by molar-refractivity contribution is -0.119. The zero-order chi connectivity index (χ0) is 18.2. The molecular formula is C20H24FN3O2. The summed E-state index contributed by atoms with van der Waals surface area (Å²) in [7, 11) is 0. The molecule has 1 amide bonds. The standard InChI is InChI=1S/C20H24FN3O2/c21-17-6-2-1-5-16(17)9-10-22-20(25)15-23-18-7-3-4-8-19(18)24-11-13-26-14-12-24/h1-8,23H,9-15H2,(H,22,25). The molecule has 0 spiro atoms. The Balaban J connectivity index is 1.48. The number of amides is 1. The minimum atomic E-state index is -0.237. The number of morpholine rings is 1. The Morgan fingerprint density at radius 2 is 1.81 bits per heavy atom. The molecule has 6 heteroatoms. The van der Waals surface area contributed by atoms with E-state index < -0.39 is 0 Å². The molecule has 1 aliphatic heterocycles. The summed E-state index contributed by atoms with van der Waals surface area (Å²) in [5.41, 5.74) is 2.62. The van der Waals surface area contributed by atoms with Crippen LogP contribution >= 0.6 is 0 Å². The Hall–Kier alpha value is -2.60. The average molecular weight is 357 g/mol. The highest BCUT2D eigenvalue weighted by atomic mass is 19.1. The molecule has 0 aromatic heterocycles. The predicted octanol–water partition coefficient (Wildman–Crippen LogP) is 2.43. The number of anilines is 2. The quantitative estimate of drug-likeness (QED) is 0.799. The van der Waals surface area contributed by atoms with Crippen LogP contribution in [0.3, 0.4) is 0 Å². The fourth-order valence-electron chi connectivity index (χ4n) is 2.98. The first-order chi connectivity index (χ1) is 12.7. The van der Waals surface area contributed by atoms with Crippen molar-refractivity contribution in [2.75, 3.05) is 49.6 Å². The summed E-state index contributed by atoms with van der Waals surface area (Å²) in [6.45, 7) is 3.70. The van der Waals surface area contributed by atoms with Gasteiger partial charge in [0.2, 0.25) is 5.91 Å². The van der Waals surface area contributed by atoms with Gasteiger partial charge in [-0.2, -0.15) is 0 Å². The zero-order valence-corrected chi connectivity index (χ0v) is 14.7. The molecule has 2 aromatic carbocycles. The Morgan fingerprint density at radius 1 is 1.08 bits per heavy atom. The molecule has 3 rings (SSSR count). The van der Waals surface area contributed by atoms with Crippen molar-refractivity contribution in [1.29, 1.82) is 0 Å². The smallest absolute Gasteiger partial charge is 0.239 e. The van der Waals surface area contributed by atoms with Gasteiger partial charge in [-0.25, -0.2) is 4.39 Å². The van der Waals surface area contributed by atoms with E-state index in [-0.39, 0.29) is 18.3 Å². The van der Waals surface area contributed by atoms with E-state index in [4.69, 9.17) is 4.74 Å². The van der Waals surface area contributed by atoms with Gasteiger partial charge < -0.3 is 20.3 Å². The summed E-state index contributed by atoms with van der Waals surface area (Å²) in [5.74, 6) is -0.350. The molecule has 0 saturated carbocycles. The maximum Gasteiger partial charge on any atom is 0.239 e. The molecule has 5 nitrogen and oxygen atoms in total. The molecule has 2 aromatic rings. The number of halogens is 1. The van der Waals surface area contributed by atoms with Gasteiger partial charge in [0.15, 0.2) is 0 Å². The largest absolute Gasteiger partial charge is 0.378 e. The third-order valence-electron chi connectivity index (χ3n) is 4.37. The summed E-state index contributed by atoms with van der Waals surface area (Å²) in [4.78, 5) is 14.3. The zero-order valence-electron chi connectivity index (χ0n) is 14.7. The fourth-order valence-corrected chi connectivity index (χ4v) is 2.98. The molecule has 0 atom stereocenters. The molecule has 26 heavy (non-hydrogen) atoms. The minimum absolute atomic E-state index is 0.113. The first-order valence-corrected chi connectivity index (χ1v) is 8.90. The number of nitrogens with zero attached hydrogens (tertiary/aromatic N) is 1. The van der Waals surface area contributed by atoms with Crippen LogP contribution in [0.4, 0.5) is 15.8 Å². The predicted molar refractivity (Wildman–Crippen MR) is 101 cm³/mol. The lowest BCUT2D eigenvalue weighted by Crippen LogP contribution is -2.37. The first kappa shape index (κ1) is 18.2. The van der Waals surface area contributed by atoms with Gasteiger partial charge >= 0.3 is 0 Å². The molecular weight excluding hydrogens is 333 g/mol. The monoisotopic (exact) mass is 357 g/mol. The number of para-hydroxylation sites is 2. The first-order valence-electron chi connectivity index (χ1n) is 8.90. The van der Waals surface area contributed by atoms with Crippen molar-refractivity contribution in [3.8, 4) is 0 Å². The fraction of sp³-hybridized carbons (Fsp3) is 0.350. The highest BCUT2D eigenvalue weighted by Crippen LogP contribution is 2.26. The molecule has 0 unspecified atom stereocenters. The number of nitrogens with one attached hydrogen (secondary N) is 2. The van der Waals surface area contributed by atoms with Gasteiger partial charge in [-0.3, -0.25) is 4.79 Å². The Kier molecular flexibility index (Phi) is 6.44. The normalized spacial score (nSPS) is 14.1. The Morgan fingerprint density at radius 3 is 2.62 bits per heavy atom. The van der Waals surface area contributed by atoms with Crippen LogP contribution in [0.5, 0.6) is 0 Å². The summed E-state index contributed by atoms with van der Waals surface area (Å²) in [6.07, 6.45) is 0.475. The van der Waals surface area contributed by atoms with Gasteiger partial charge in [0, 0.05) is 19.6 Å². The van der Waals surface area contributed by atoms with Crippen molar-refractivity contribution >= 4 is 17.3 Å². The molecule has 1 saturated heterocycles. The maximum absolute atomic E-state index is 13.6. The third kappa shape index (κ3) is 4.95. The van der Waals surface area contributed by atoms with Crippen molar-refractivity contribution in [2.45, 2.75) is 6.42 Å². The Bertz CT molecular complexity index is 733. The molecule has 2 N–H and O–H groups in total. The molecule has 0 bridgehead atoms. The number of hydrogen-bond acceptors (Lipinski definition) is 4. The van der Waals surface area contributed by atoms with Gasteiger partial charge in [0.25, 0.3) is 0 Å². The molecule has 138 valence electrons. The van der Waals surface area contributed by atoms with Gasteiger partial charge in [-0.15, -0.1) is 0 Å². The second-order valence-corrected chi connectivity index (χ2v) is 6.16. The van der Waals surface area contributed by atoms with E-state index in [1.807, 2.05) is 24.3 Å². The molecule has 1 aliphatic rings. The lowest BCUT2D eigenvalue weighted by atomic mass is 10.1.